The first kappa shape index (κ1) is 12.0. The van der Waals surface area contributed by atoms with Gasteiger partial charge in [0.1, 0.15) is 17.3 Å². The quantitative estimate of drug-likeness (QED) is 0.706. The summed E-state index contributed by atoms with van der Waals surface area (Å²) in [6, 6.07) is 12.3. The maximum atomic E-state index is 5.69. The molecule has 3 aromatic rings. The van der Waals surface area contributed by atoms with Crippen LogP contribution in [0.15, 0.2) is 40.8 Å². The molecule has 0 radical (unpaired) electrons. The highest BCUT2D eigenvalue weighted by molar-refractivity contribution is 5.76. The van der Waals surface area contributed by atoms with Gasteiger partial charge >= 0.3 is 0 Å². The van der Waals surface area contributed by atoms with E-state index in [1.165, 1.54) is 5.52 Å². The van der Waals surface area contributed by atoms with E-state index in [-0.39, 0.29) is 0 Å². The second-order valence-electron chi connectivity index (χ2n) is 4.87. The van der Waals surface area contributed by atoms with Crippen molar-refractivity contribution < 1.29 is 4.42 Å². The van der Waals surface area contributed by atoms with Crippen LogP contribution >= 0.6 is 0 Å². The van der Waals surface area contributed by atoms with Crippen LogP contribution in [0.1, 0.15) is 30.7 Å². The van der Waals surface area contributed by atoms with Crippen molar-refractivity contribution in [2.75, 3.05) is 0 Å². The summed E-state index contributed by atoms with van der Waals surface area (Å²) in [5, 5.41) is 0. The lowest BCUT2D eigenvalue weighted by Crippen LogP contribution is -2.04. The molecule has 19 heavy (non-hydrogen) atoms. The van der Waals surface area contributed by atoms with Crippen molar-refractivity contribution in [3.8, 4) is 0 Å². The molecule has 0 saturated carbocycles. The van der Waals surface area contributed by atoms with Crippen LogP contribution in [0.2, 0.25) is 0 Å². The lowest BCUT2D eigenvalue weighted by Gasteiger charge is -2.06. The predicted molar refractivity (Wildman–Crippen MR) is 76.3 cm³/mol. The number of rotatable bonds is 4. The van der Waals surface area contributed by atoms with E-state index in [1.54, 1.807) is 0 Å². The summed E-state index contributed by atoms with van der Waals surface area (Å²) >= 11 is 0. The number of fused-ring (bicyclic) bond motifs is 1. The van der Waals surface area contributed by atoms with E-state index in [1.807, 2.05) is 25.1 Å². The van der Waals surface area contributed by atoms with E-state index >= 15 is 0 Å². The summed E-state index contributed by atoms with van der Waals surface area (Å²) < 4.78 is 7.95. The van der Waals surface area contributed by atoms with Gasteiger partial charge in [-0.2, -0.15) is 0 Å². The number of nitrogens with zero attached hydrogens (tertiary/aromatic N) is 2. The number of furan rings is 1. The molecule has 98 valence electrons. The molecule has 3 rings (SSSR count). The van der Waals surface area contributed by atoms with Crippen molar-refractivity contribution in [1.29, 1.82) is 0 Å². The Morgan fingerprint density at radius 2 is 2.00 bits per heavy atom. The number of aromatic nitrogens is 2. The molecule has 2 aromatic heterocycles. The van der Waals surface area contributed by atoms with Gasteiger partial charge in [0, 0.05) is 6.42 Å². The second-order valence-corrected chi connectivity index (χ2v) is 4.87. The lowest BCUT2D eigenvalue weighted by atomic mass is 10.3. The van der Waals surface area contributed by atoms with Gasteiger partial charge in [-0.3, -0.25) is 0 Å². The number of aryl methyl sites for hydroxylation is 2. The summed E-state index contributed by atoms with van der Waals surface area (Å²) in [5.41, 5.74) is 2.24. The minimum atomic E-state index is 0.754. The predicted octanol–water partition coefficient (Wildman–Crippen LogP) is 3.94. The number of imidazole rings is 1. The lowest BCUT2D eigenvalue weighted by molar-refractivity contribution is 0.468. The minimum Gasteiger partial charge on any atom is -0.464 e. The molecule has 3 heteroatoms. The second kappa shape index (κ2) is 4.92. The Balaban J connectivity index is 2.06. The Morgan fingerprint density at radius 3 is 2.74 bits per heavy atom. The normalized spacial score (nSPS) is 11.3. The van der Waals surface area contributed by atoms with Gasteiger partial charge in [-0.25, -0.2) is 4.98 Å². The van der Waals surface area contributed by atoms with Crippen molar-refractivity contribution >= 4 is 11.0 Å². The van der Waals surface area contributed by atoms with Gasteiger partial charge < -0.3 is 8.98 Å². The van der Waals surface area contributed by atoms with Gasteiger partial charge in [0.15, 0.2) is 0 Å². The van der Waals surface area contributed by atoms with Crippen LogP contribution in [0.5, 0.6) is 0 Å². The van der Waals surface area contributed by atoms with Crippen molar-refractivity contribution in [3.63, 3.8) is 0 Å². The van der Waals surface area contributed by atoms with Gasteiger partial charge in [0.05, 0.1) is 17.6 Å². The highest BCUT2D eigenvalue weighted by Crippen LogP contribution is 2.19. The highest BCUT2D eigenvalue weighted by Gasteiger charge is 2.11. The Morgan fingerprint density at radius 1 is 1.16 bits per heavy atom. The van der Waals surface area contributed by atoms with Crippen LogP contribution in [0, 0.1) is 6.92 Å². The molecular formula is C16H18N2O. The Labute approximate surface area is 112 Å². The molecule has 0 spiro atoms. The zero-order chi connectivity index (χ0) is 13.2. The fourth-order valence-electron chi connectivity index (χ4n) is 2.44. The largest absolute Gasteiger partial charge is 0.464 e. The van der Waals surface area contributed by atoms with Crippen LogP contribution in [0.4, 0.5) is 0 Å². The smallest absolute Gasteiger partial charge is 0.123 e. The summed E-state index contributed by atoms with van der Waals surface area (Å²) in [6.07, 6.45) is 2.09. The first-order chi connectivity index (χ1) is 9.28. The van der Waals surface area contributed by atoms with E-state index < -0.39 is 0 Å². The van der Waals surface area contributed by atoms with Crippen molar-refractivity contribution in [2.45, 2.75) is 33.2 Å². The zero-order valence-electron chi connectivity index (χ0n) is 11.4. The molecule has 0 bridgehead atoms. The third-order valence-electron chi connectivity index (χ3n) is 3.32. The summed E-state index contributed by atoms with van der Waals surface area (Å²) in [5.74, 6) is 3.08. The number of para-hydroxylation sites is 2. The fourth-order valence-corrected chi connectivity index (χ4v) is 2.44. The molecule has 1 aromatic carbocycles. The molecule has 0 N–H and O–H groups in total. The first-order valence-corrected chi connectivity index (χ1v) is 6.77. The van der Waals surface area contributed by atoms with E-state index in [0.717, 1.165) is 42.2 Å². The fraction of sp³-hybridized carbons (Fsp3) is 0.312. The topological polar surface area (TPSA) is 31.0 Å². The van der Waals surface area contributed by atoms with E-state index in [0.29, 0.717) is 0 Å². The molecule has 0 aliphatic carbocycles. The average Bonchev–Trinajstić information content (AvgIpc) is 2.96. The molecule has 0 aliphatic heterocycles. The summed E-state index contributed by atoms with van der Waals surface area (Å²) in [6.45, 7) is 4.91. The Kier molecular flexibility index (Phi) is 3.11. The molecule has 0 fully saturated rings. The van der Waals surface area contributed by atoms with Crippen molar-refractivity contribution in [1.82, 2.24) is 9.55 Å². The Bertz CT molecular complexity index is 694. The third kappa shape index (κ3) is 2.28. The van der Waals surface area contributed by atoms with Crippen LogP contribution in [-0.4, -0.2) is 9.55 Å². The van der Waals surface area contributed by atoms with E-state index in [9.17, 15) is 0 Å². The maximum Gasteiger partial charge on any atom is 0.123 e. The maximum absolute atomic E-state index is 5.69. The van der Waals surface area contributed by atoms with Gasteiger partial charge in [-0.1, -0.05) is 19.1 Å². The molecule has 0 aliphatic rings. The molecular weight excluding hydrogens is 236 g/mol. The summed E-state index contributed by atoms with van der Waals surface area (Å²) in [4.78, 5) is 4.73. The number of hydrogen-bond acceptors (Lipinski definition) is 2. The molecule has 0 saturated heterocycles. The molecule has 0 atom stereocenters. The van der Waals surface area contributed by atoms with Crippen molar-refractivity contribution in [2.24, 2.45) is 0 Å². The third-order valence-corrected chi connectivity index (χ3v) is 3.32. The van der Waals surface area contributed by atoms with Crippen molar-refractivity contribution in [3.05, 3.63) is 53.7 Å². The average molecular weight is 254 g/mol. The molecule has 0 unspecified atom stereocenters. The van der Waals surface area contributed by atoms with Gasteiger partial charge in [-0.15, -0.1) is 0 Å². The van der Waals surface area contributed by atoms with Crippen LogP contribution < -0.4 is 0 Å². The van der Waals surface area contributed by atoms with Crippen LogP contribution in [0.25, 0.3) is 11.0 Å². The standard InChI is InChI=1S/C16H18N2O/c1-3-6-16-17-14-7-4-5-8-15(14)18(16)11-13-10-9-12(2)19-13/h4-5,7-10H,3,6,11H2,1-2H3. The van der Waals surface area contributed by atoms with E-state index in [4.69, 9.17) is 9.40 Å². The minimum absolute atomic E-state index is 0.754. The number of benzene rings is 1. The molecule has 2 heterocycles. The van der Waals surface area contributed by atoms with Crippen LogP contribution in [0.3, 0.4) is 0 Å². The highest BCUT2D eigenvalue weighted by atomic mass is 16.3. The van der Waals surface area contributed by atoms with Gasteiger partial charge in [-0.05, 0) is 37.6 Å². The first-order valence-electron chi connectivity index (χ1n) is 6.77. The Hall–Kier alpha value is -2.03. The van der Waals surface area contributed by atoms with Crippen LogP contribution in [-0.2, 0) is 13.0 Å². The zero-order valence-corrected chi connectivity index (χ0v) is 11.4. The molecule has 0 amide bonds. The number of hydrogen-bond donors (Lipinski definition) is 0. The monoisotopic (exact) mass is 254 g/mol. The van der Waals surface area contributed by atoms with E-state index in [2.05, 4.69) is 29.7 Å². The summed E-state index contributed by atoms with van der Waals surface area (Å²) in [7, 11) is 0. The molecule has 3 nitrogen and oxygen atoms in total. The van der Waals surface area contributed by atoms with Gasteiger partial charge in [0.2, 0.25) is 0 Å². The van der Waals surface area contributed by atoms with Gasteiger partial charge in [0.25, 0.3) is 0 Å². The SMILES string of the molecule is CCCc1nc2ccccc2n1Cc1ccc(C)o1.